The van der Waals surface area contributed by atoms with Crippen LogP contribution < -0.4 is 4.74 Å². The maximum Gasteiger partial charge on any atom is 0.460 e. The van der Waals surface area contributed by atoms with Gasteiger partial charge in [-0.25, -0.2) is 9.18 Å². The first-order valence-electron chi connectivity index (χ1n) is 4.81. The highest BCUT2D eigenvalue weighted by Crippen LogP contribution is 2.47. The highest BCUT2D eigenvalue weighted by molar-refractivity contribution is 6.32. The van der Waals surface area contributed by atoms with E-state index in [1.54, 1.807) is 0 Å². The molecule has 118 valence electrons. The van der Waals surface area contributed by atoms with E-state index in [0.717, 1.165) is 12.1 Å². The number of hydrogen-bond acceptors (Lipinski definition) is 2. The summed E-state index contributed by atoms with van der Waals surface area (Å²) < 4.78 is 103. The van der Waals surface area contributed by atoms with Crippen molar-refractivity contribution in [2.24, 2.45) is 0 Å². The zero-order valence-corrected chi connectivity index (χ0v) is 10.2. The van der Waals surface area contributed by atoms with Crippen LogP contribution in [0.15, 0.2) is 18.2 Å². The summed E-state index contributed by atoms with van der Waals surface area (Å²) in [6, 6.07) is 2.36. The van der Waals surface area contributed by atoms with Gasteiger partial charge in [-0.2, -0.15) is 30.7 Å². The fourth-order valence-corrected chi connectivity index (χ4v) is 1.24. The largest absolute Gasteiger partial charge is 0.460 e. The summed E-state index contributed by atoms with van der Waals surface area (Å²) in [7, 11) is 0. The summed E-state index contributed by atoms with van der Waals surface area (Å²) in [6.45, 7) is 0. The van der Waals surface area contributed by atoms with Gasteiger partial charge < -0.3 is 4.74 Å². The molecule has 0 bridgehead atoms. The number of carbonyl (C=O) groups excluding carboxylic acids is 1. The van der Waals surface area contributed by atoms with Gasteiger partial charge in [0, 0.05) is 0 Å². The summed E-state index contributed by atoms with van der Waals surface area (Å²) >= 11 is 5.26. The molecule has 0 unspecified atom stereocenters. The number of carbonyl (C=O) groups is 1. The van der Waals surface area contributed by atoms with Crippen molar-refractivity contribution in [2.75, 3.05) is 0 Å². The van der Waals surface area contributed by atoms with Crippen molar-refractivity contribution in [1.82, 2.24) is 0 Å². The molecule has 21 heavy (non-hydrogen) atoms. The van der Waals surface area contributed by atoms with Crippen LogP contribution in [0.1, 0.15) is 0 Å². The van der Waals surface area contributed by atoms with Gasteiger partial charge in [0.05, 0.1) is 5.02 Å². The van der Waals surface area contributed by atoms with Crippen LogP contribution in [0.5, 0.6) is 5.75 Å². The third-order valence-electron chi connectivity index (χ3n) is 2.12. The lowest BCUT2D eigenvalue weighted by Gasteiger charge is -2.26. The van der Waals surface area contributed by atoms with Crippen LogP contribution in [0.25, 0.3) is 0 Å². The first-order valence-corrected chi connectivity index (χ1v) is 5.19. The van der Waals surface area contributed by atoms with Crippen LogP contribution >= 0.6 is 11.6 Å². The molecule has 0 radical (unpaired) electrons. The second-order valence-electron chi connectivity index (χ2n) is 3.59. The first kappa shape index (κ1) is 17.5. The Bertz CT molecular complexity index is 534. The highest BCUT2D eigenvalue weighted by atomic mass is 35.5. The molecule has 0 heterocycles. The Morgan fingerprint density at radius 3 is 2.00 bits per heavy atom. The molecule has 1 rings (SSSR count). The van der Waals surface area contributed by atoms with Gasteiger partial charge in [-0.3, -0.25) is 0 Å². The lowest BCUT2D eigenvalue weighted by Crippen LogP contribution is -2.57. The van der Waals surface area contributed by atoms with Gasteiger partial charge in [-0.05, 0) is 12.1 Å². The van der Waals surface area contributed by atoms with Crippen LogP contribution in [-0.2, 0) is 4.79 Å². The third kappa shape index (κ3) is 3.04. The molecule has 0 aliphatic carbocycles. The van der Waals surface area contributed by atoms with Gasteiger partial charge in [0.15, 0.2) is 11.6 Å². The van der Waals surface area contributed by atoms with Crippen LogP contribution in [0.4, 0.5) is 35.1 Å². The Morgan fingerprint density at radius 1 is 1.05 bits per heavy atom. The van der Waals surface area contributed by atoms with E-state index in [1.165, 1.54) is 0 Å². The number of alkyl halides is 7. The van der Waals surface area contributed by atoms with Gasteiger partial charge in [0.1, 0.15) is 0 Å². The third-order valence-corrected chi connectivity index (χ3v) is 2.42. The maximum atomic E-state index is 13.1. The normalized spacial score (nSPS) is 13.2. The molecule has 0 aromatic heterocycles. The molecular formula is C10H3ClF8O2. The monoisotopic (exact) mass is 342 g/mol. The molecule has 0 spiro atoms. The zero-order valence-electron chi connectivity index (χ0n) is 9.45. The summed E-state index contributed by atoms with van der Waals surface area (Å²) in [5, 5.41) is -0.769. The molecule has 0 aliphatic heterocycles. The van der Waals surface area contributed by atoms with E-state index < -0.39 is 40.6 Å². The standard InChI is InChI=1S/C10H3ClF8O2/c11-4-2-1-3-5(12)6(4)21-7(20)8(13,14)9(15,16)10(17,18)19/h1-3H. The van der Waals surface area contributed by atoms with Crippen LogP contribution in [-0.4, -0.2) is 24.0 Å². The number of ether oxygens (including phenoxy) is 1. The zero-order chi connectivity index (χ0) is 16.6. The number of benzene rings is 1. The van der Waals surface area contributed by atoms with E-state index in [2.05, 4.69) is 4.74 Å². The van der Waals surface area contributed by atoms with E-state index in [-0.39, 0.29) is 0 Å². The molecule has 0 saturated carbocycles. The Kier molecular flexibility index (Phi) is 4.42. The van der Waals surface area contributed by atoms with Gasteiger partial charge >= 0.3 is 24.0 Å². The topological polar surface area (TPSA) is 26.3 Å². The molecule has 0 fully saturated rings. The second-order valence-corrected chi connectivity index (χ2v) is 3.99. The van der Waals surface area contributed by atoms with Crippen molar-refractivity contribution in [3.63, 3.8) is 0 Å². The SMILES string of the molecule is O=C(Oc1c(F)cccc1Cl)C(F)(F)C(F)(F)C(F)(F)F. The van der Waals surface area contributed by atoms with E-state index in [0.29, 0.717) is 6.07 Å². The van der Waals surface area contributed by atoms with Gasteiger partial charge in [-0.15, -0.1) is 0 Å². The molecule has 0 atom stereocenters. The molecule has 0 amide bonds. The molecule has 2 nitrogen and oxygen atoms in total. The van der Waals surface area contributed by atoms with Crippen LogP contribution in [0, 0.1) is 5.82 Å². The second kappa shape index (κ2) is 5.32. The minimum Gasteiger partial charge on any atom is -0.417 e. The van der Waals surface area contributed by atoms with E-state index in [1.807, 2.05) is 0 Å². The van der Waals surface area contributed by atoms with Crippen molar-refractivity contribution < 1.29 is 44.7 Å². The quantitative estimate of drug-likeness (QED) is 0.467. The fourth-order valence-electron chi connectivity index (χ4n) is 1.04. The Morgan fingerprint density at radius 2 is 1.57 bits per heavy atom. The van der Waals surface area contributed by atoms with E-state index in [9.17, 15) is 39.9 Å². The van der Waals surface area contributed by atoms with E-state index >= 15 is 0 Å². The fraction of sp³-hybridized carbons (Fsp3) is 0.300. The number of halogens is 9. The summed E-state index contributed by atoms with van der Waals surface area (Å²) in [4.78, 5) is 10.9. The van der Waals surface area contributed by atoms with Crippen LogP contribution in [0.2, 0.25) is 5.02 Å². The Labute approximate surface area is 116 Å². The molecule has 11 heteroatoms. The predicted octanol–water partition coefficient (Wildman–Crippen LogP) is 4.22. The van der Waals surface area contributed by atoms with Crippen molar-refractivity contribution in [3.05, 3.63) is 29.0 Å². The molecule has 1 aromatic carbocycles. The van der Waals surface area contributed by atoms with E-state index in [4.69, 9.17) is 11.6 Å². The number of para-hydroxylation sites is 1. The van der Waals surface area contributed by atoms with Crippen molar-refractivity contribution in [2.45, 2.75) is 18.0 Å². The Hall–Kier alpha value is -1.58. The average Bonchev–Trinajstić information content (AvgIpc) is 2.32. The molecule has 1 aromatic rings. The lowest BCUT2D eigenvalue weighted by atomic mass is 10.1. The van der Waals surface area contributed by atoms with Crippen LogP contribution in [0.3, 0.4) is 0 Å². The number of hydrogen-bond donors (Lipinski definition) is 0. The van der Waals surface area contributed by atoms with Crippen molar-refractivity contribution in [3.8, 4) is 5.75 Å². The molecule has 0 saturated heterocycles. The van der Waals surface area contributed by atoms with Gasteiger partial charge in [0.25, 0.3) is 0 Å². The average molecular weight is 343 g/mol. The first-order chi connectivity index (χ1) is 9.32. The number of rotatable bonds is 3. The minimum atomic E-state index is -6.71. The summed E-state index contributed by atoms with van der Waals surface area (Å²) in [6.07, 6.45) is -6.71. The molecular weight excluding hydrogens is 340 g/mol. The molecule has 0 aliphatic rings. The van der Waals surface area contributed by atoms with Crippen molar-refractivity contribution in [1.29, 1.82) is 0 Å². The van der Waals surface area contributed by atoms with Gasteiger partial charge in [0.2, 0.25) is 0 Å². The molecule has 0 N–H and O–H groups in total. The highest BCUT2D eigenvalue weighted by Gasteiger charge is 2.77. The Balaban J connectivity index is 3.14. The van der Waals surface area contributed by atoms with Gasteiger partial charge in [-0.1, -0.05) is 17.7 Å². The number of esters is 1. The summed E-state index contributed by atoms with van der Waals surface area (Å²) in [5.41, 5.74) is 0. The maximum absolute atomic E-state index is 13.1. The lowest BCUT2D eigenvalue weighted by molar-refractivity contribution is -0.346. The minimum absolute atomic E-state index is 0.564. The predicted molar refractivity (Wildman–Crippen MR) is 53.0 cm³/mol. The summed E-state index contributed by atoms with van der Waals surface area (Å²) in [5.74, 6) is -19.1. The van der Waals surface area contributed by atoms with Crippen molar-refractivity contribution >= 4 is 17.6 Å². The smallest absolute Gasteiger partial charge is 0.417 e.